The van der Waals surface area contributed by atoms with Crippen LogP contribution in [0.15, 0.2) is 42.7 Å². The van der Waals surface area contributed by atoms with E-state index in [1.165, 1.54) is 11.1 Å². The van der Waals surface area contributed by atoms with Gasteiger partial charge in [0.15, 0.2) is 0 Å². The molecule has 1 heterocycles. The molecule has 0 saturated carbocycles. The molecule has 0 bridgehead atoms. The van der Waals surface area contributed by atoms with Gasteiger partial charge in [-0.25, -0.2) is 9.97 Å². The molecule has 1 aromatic carbocycles. The number of hydrogen-bond acceptors (Lipinski definition) is 3. The quantitative estimate of drug-likeness (QED) is 0.910. The van der Waals surface area contributed by atoms with E-state index >= 15 is 0 Å². The third-order valence-corrected chi connectivity index (χ3v) is 3.61. The second-order valence-electron chi connectivity index (χ2n) is 6.37. The number of nitrogens with one attached hydrogen (secondary N) is 1. The molecular formula is C18H25N3. The molecule has 0 aliphatic carbocycles. The number of aromatic nitrogens is 2. The standard InChI is InChI=1S/C18H25N3/c1-5-19-16(17-20-11-6-12-21-17)13-14-7-9-15(10-8-14)18(2,3)4/h6-12,16,19H,5,13H2,1-4H3. The lowest BCUT2D eigenvalue weighted by Crippen LogP contribution is -2.24. The first-order chi connectivity index (χ1) is 10.0. The molecule has 112 valence electrons. The van der Waals surface area contributed by atoms with Crippen molar-refractivity contribution in [1.82, 2.24) is 15.3 Å². The molecule has 0 radical (unpaired) electrons. The van der Waals surface area contributed by atoms with E-state index in [1.54, 1.807) is 12.4 Å². The largest absolute Gasteiger partial charge is 0.307 e. The van der Waals surface area contributed by atoms with E-state index in [9.17, 15) is 0 Å². The van der Waals surface area contributed by atoms with Crippen LogP contribution in [0.5, 0.6) is 0 Å². The van der Waals surface area contributed by atoms with Crippen LogP contribution in [0.4, 0.5) is 0 Å². The highest BCUT2D eigenvalue weighted by Gasteiger charge is 2.16. The topological polar surface area (TPSA) is 37.8 Å². The Kier molecular flexibility index (Phi) is 5.07. The Hall–Kier alpha value is -1.74. The fraction of sp³-hybridized carbons (Fsp3) is 0.444. The summed E-state index contributed by atoms with van der Waals surface area (Å²) >= 11 is 0. The maximum Gasteiger partial charge on any atom is 0.145 e. The molecule has 0 fully saturated rings. The van der Waals surface area contributed by atoms with Crippen LogP contribution in [0.2, 0.25) is 0 Å². The van der Waals surface area contributed by atoms with Crippen molar-refractivity contribution in [3.05, 3.63) is 59.7 Å². The van der Waals surface area contributed by atoms with Gasteiger partial charge in [0, 0.05) is 12.4 Å². The van der Waals surface area contributed by atoms with Crippen LogP contribution in [0.25, 0.3) is 0 Å². The Morgan fingerprint density at radius 1 is 1.05 bits per heavy atom. The Bertz CT molecular complexity index is 541. The summed E-state index contributed by atoms with van der Waals surface area (Å²) in [6.45, 7) is 9.73. The maximum absolute atomic E-state index is 4.38. The molecule has 2 aromatic rings. The second-order valence-corrected chi connectivity index (χ2v) is 6.37. The summed E-state index contributed by atoms with van der Waals surface area (Å²) in [5.41, 5.74) is 2.87. The zero-order valence-electron chi connectivity index (χ0n) is 13.4. The number of hydrogen-bond donors (Lipinski definition) is 1. The summed E-state index contributed by atoms with van der Waals surface area (Å²) in [5, 5.41) is 3.47. The van der Waals surface area contributed by atoms with Gasteiger partial charge in [0.2, 0.25) is 0 Å². The highest BCUT2D eigenvalue weighted by molar-refractivity contribution is 5.28. The van der Waals surface area contributed by atoms with Crippen LogP contribution in [0.1, 0.15) is 50.7 Å². The van der Waals surface area contributed by atoms with E-state index in [0.717, 1.165) is 18.8 Å². The van der Waals surface area contributed by atoms with Crippen LogP contribution in [-0.4, -0.2) is 16.5 Å². The van der Waals surface area contributed by atoms with E-state index in [-0.39, 0.29) is 11.5 Å². The molecule has 0 spiro atoms. The van der Waals surface area contributed by atoms with Crippen LogP contribution in [-0.2, 0) is 11.8 Å². The van der Waals surface area contributed by atoms with Crippen molar-refractivity contribution in [3.63, 3.8) is 0 Å². The van der Waals surface area contributed by atoms with Crippen molar-refractivity contribution in [1.29, 1.82) is 0 Å². The molecule has 0 amide bonds. The van der Waals surface area contributed by atoms with Gasteiger partial charge in [0.25, 0.3) is 0 Å². The van der Waals surface area contributed by atoms with Crippen molar-refractivity contribution >= 4 is 0 Å². The van der Waals surface area contributed by atoms with Gasteiger partial charge in [-0.2, -0.15) is 0 Å². The fourth-order valence-corrected chi connectivity index (χ4v) is 2.37. The van der Waals surface area contributed by atoms with E-state index in [1.807, 2.05) is 6.07 Å². The van der Waals surface area contributed by atoms with Gasteiger partial charge in [-0.05, 0) is 35.6 Å². The third kappa shape index (κ3) is 4.36. The van der Waals surface area contributed by atoms with Gasteiger partial charge < -0.3 is 5.32 Å². The van der Waals surface area contributed by atoms with Crippen LogP contribution in [0.3, 0.4) is 0 Å². The number of likely N-dealkylation sites (N-methyl/N-ethyl adjacent to an activating group) is 1. The summed E-state index contributed by atoms with van der Waals surface area (Å²) in [4.78, 5) is 8.75. The van der Waals surface area contributed by atoms with Gasteiger partial charge in [0.05, 0.1) is 6.04 Å². The minimum Gasteiger partial charge on any atom is -0.307 e. The first-order valence-corrected chi connectivity index (χ1v) is 7.60. The monoisotopic (exact) mass is 283 g/mol. The van der Waals surface area contributed by atoms with Gasteiger partial charge in [-0.3, -0.25) is 0 Å². The summed E-state index contributed by atoms with van der Waals surface area (Å²) in [6, 6.07) is 10.9. The molecule has 21 heavy (non-hydrogen) atoms. The molecular weight excluding hydrogens is 258 g/mol. The average molecular weight is 283 g/mol. The third-order valence-electron chi connectivity index (χ3n) is 3.61. The Labute approximate surface area is 127 Å². The minimum atomic E-state index is 0.164. The SMILES string of the molecule is CCNC(Cc1ccc(C(C)(C)C)cc1)c1ncccn1. The molecule has 3 heteroatoms. The van der Waals surface area contributed by atoms with Gasteiger partial charge >= 0.3 is 0 Å². The molecule has 0 aliphatic rings. The van der Waals surface area contributed by atoms with E-state index < -0.39 is 0 Å². The second kappa shape index (κ2) is 6.81. The molecule has 1 unspecified atom stereocenters. The zero-order chi connectivity index (χ0) is 15.3. The Morgan fingerprint density at radius 3 is 2.19 bits per heavy atom. The van der Waals surface area contributed by atoms with Crippen molar-refractivity contribution < 1.29 is 0 Å². The first kappa shape index (κ1) is 15.6. The highest BCUT2D eigenvalue weighted by atomic mass is 15.0. The summed E-state index contributed by atoms with van der Waals surface area (Å²) < 4.78 is 0. The maximum atomic E-state index is 4.38. The van der Waals surface area contributed by atoms with Gasteiger partial charge in [0.1, 0.15) is 5.82 Å². The Balaban J connectivity index is 2.14. The lowest BCUT2D eigenvalue weighted by atomic mass is 9.86. The van der Waals surface area contributed by atoms with Crippen LogP contribution >= 0.6 is 0 Å². The predicted molar refractivity (Wildman–Crippen MR) is 87.3 cm³/mol. The van der Waals surface area contributed by atoms with Crippen molar-refractivity contribution in [2.75, 3.05) is 6.54 Å². The summed E-state index contributed by atoms with van der Waals surface area (Å²) in [6.07, 6.45) is 4.51. The van der Waals surface area contributed by atoms with Crippen molar-refractivity contribution in [2.45, 2.75) is 45.6 Å². The molecule has 0 aliphatic heterocycles. The number of rotatable bonds is 5. The van der Waals surface area contributed by atoms with E-state index in [0.29, 0.717) is 0 Å². The molecule has 2 rings (SSSR count). The summed E-state index contributed by atoms with van der Waals surface area (Å²) in [5.74, 6) is 0.860. The lowest BCUT2D eigenvalue weighted by molar-refractivity contribution is 0.521. The van der Waals surface area contributed by atoms with Crippen molar-refractivity contribution in [3.8, 4) is 0 Å². The minimum absolute atomic E-state index is 0.164. The lowest BCUT2D eigenvalue weighted by Gasteiger charge is -2.20. The van der Waals surface area contributed by atoms with E-state index in [4.69, 9.17) is 0 Å². The predicted octanol–water partition coefficient (Wildman–Crippen LogP) is 3.67. The highest BCUT2D eigenvalue weighted by Crippen LogP contribution is 2.23. The Morgan fingerprint density at radius 2 is 1.67 bits per heavy atom. The molecule has 3 nitrogen and oxygen atoms in total. The fourth-order valence-electron chi connectivity index (χ4n) is 2.37. The smallest absolute Gasteiger partial charge is 0.145 e. The number of nitrogens with zero attached hydrogens (tertiary/aromatic N) is 2. The van der Waals surface area contributed by atoms with Crippen LogP contribution in [0, 0.1) is 0 Å². The van der Waals surface area contributed by atoms with Gasteiger partial charge in [-0.15, -0.1) is 0 Å². The average Bonchev–Trinajstić information content (AvgIpc) is 2.47. The molecule has 1 aromatic heterocycles. The molecule has 1 atom stereocenters. The van der Waals surface area contributed by atoms with E-state index in [2.05, 4.69) is 67.2 Å². The summed E-state index contributed by atoms with van der Waals surface area (Å²) in [7, 11) is 0. The first-order valence-electron chi connectivity index (χ1n) is 7.60. The molecule has 1 N–H and O–H groups in total. The number of benzene rings is 1. The van der Waals surface area contributed by atoms with Crippen molar-refractivity contribution in [2.24, 2.45) is 0 Å². The zero-order valence-corrected chi connectivity index (χ0v) is 13.4. The molecule has 0 saturated heterocycles. The normalized spacial score (nSPS) is 13.1. The van der Waals surface area contributed by atoms with Crippen LogP contribution < -0.4 is 5.32 Å². The van der Waals surface area contributed by atoms with Gasteiger partial charge in [-0.1, -0.05) is 52.0 Å².